The molecule has 0 bridgehead atoms. The fourth-order valence-electron chi connectivity index (χ4n) is 2.54. The second kappa shape index (κ2) is 14.9. The number of amides is 1. The third-order valence-electron chi connectivity index (χ3n) is 3.84. The molecule has 2 unspecified atom stereocenters. The molecule has 1 fully saturated rings. The molecule has 134 valence electrons. The van der Waals surface area contributed by atoms with Crippen molar-refractivity contribution in [3.63, 3.8) is 0 Å². The van der Waals surface area contributed by atoms with Crippen molar-refractivity contribution in [2.75, 3.05) is 37.7 Å². The van der Waals surface area contributed by atoms with Crippen LogP contribution in [0, 0.1) is 0 Å². The second-order valence-corrected chi connectivity index (χ2v) is 6.72. The van der Waals surface area contributed by atoms with E-state index >= 15 is 0 Å². The van der Waals surface area contributed by atoms with Gasteiger partial charge in [0.2, 0.25) is 5.91 Å². The van der Waals surface area contributed by atoms with Crippen molar-refractivity contribution < 1.29 is 4.79 Å². The van der Waals surface area contributed by atoms with Gasteiger partial charge in [-0.2, -0.15) is 11.8 Å². The normalized spacial score (nSPS) is 19.0. The van der Waals surface area contributed by atoms with Crippen LogP contribution in [-0.4, -0.2) is 60.6 Å². The first-order chi connectivity index (χ1) is 9.65. The molecule has 0 spiro atoms. The third kappa shape index (κ3) is 10.9. The molecule has 0 aromatic carbocycles. The standard InChI is InChI=1S/C15H31N3OS.2ClH/c1-4-18(5-2)9-6-7-13(3)17-15(19)11-14-12-20-10-8-16-14;;/h13-14,16H,4-12H2,1-3H3,(H,17,19);2*1H. The molecule has 2 N–H and O–H groups in total. The third-order valence-corrected chi connectivity index (χ3v) is 4.97. The predicted octanol–water partition coefficient (Wildman–Crippen LogP) is 2.55. The SMILES string of the molecule is CCN(CC)CCCC(C)NC(=O)CC1CSCCN1.Cl.Cl. The molecule has 1 amide bonds. The lowest BCUT2D eigenvalue weighted by Crippen LogP contribution is -2.43. The summed E-state index contributed by atoms with van der Waals surface area (Å²) in [5.74, 6) is 2.42. The van der Waals surface area contributed by atoms with Crippen LogP contribution in [0.25, 0.3) is 0 Å². The van der Waals surface area contributed by atoms with Crippen molar-refractivity contribution >= 4 is 42.5 Å². The van der Waals surface area contributed by atoms with Crippen LogP contribution in [-0.2, 0) is 4.79 Å². The molecule has 1 saturated heterocycles. The number of rotatable bonds is 9. The van der Waals surface area contributed by atoms with Crippen molar-refractivity contribution in [1.82, 2.24) is 15.5 Å². The minimum atomic E-state index is 0. The molecule has 0 radical (unpaired) electrons. The molecule has 1 aliphatic heterocycles. The Kier molecular flexibility index (Phi) is 16.6. The highest BCUT2D eigenvalue weighted by atomic mass is 35.5. The number of carbonyl (C=O) groups is 1. The Balaban J connectivity index is 0. The van der Waals surface area contributed by atoms with Crippen molar-refractivity contribution in [2.45, 2.75) is 52.1 Å². The van der Waals surface area contributed by atoms with Gasteiger partial charge in [-0.1, -0.05) is 13.8 Å². The van der Waals surface area contributed by atoms with E-state index in [4.69, 9.17) is 0 Å². The van der Waals surface area contributed by atoms with Gasteiger partial charge in [-0.15, -0.1) is 24.8 Å². The molecule has 1 heterocycles. The number of hydrogen-bond donors (Lipinski definition) is 2. The van der Waals surface area contributed by atoms with E-state index in [1.54, 1.807) is 0 Å². The van der Waals surface area contributed by atoms with Gasteiger partial charge in [0.25, 0.3) is 0 Å². The highest BCUT2D eigenvalue weighted by molar-refractivity contribution is 7.99. The van der Waals surface area contributed by atoms with E-state index in [0.29, 0.717) is 12.5 Å². The van der Waals surface area contributed by atoms with Gasteiger partial charge < -0.3 is 15.5 Å². The van der Waals surface area contributed by atoms with Crippen LogP contribution in [0.3, 0.4) is 0 Å². The van der Waals surface area contributed by atoms with Crippen LogP contribution in [0.15, 0.2) is 0 Å². The van der Waals surface area contributed by atoms with Gasteiger partial charge in [-0.25, -0.2) is 0 Å². The van der Waals surface area contributed by atoms with Crippen LogP contribution in [0.4, 0.5) is 0 Å². The maximum Gasteiger partial charge on any atom is 0.221 e. The number of carbonyl (C=O) groups excluding carboxylic acids is 1. The Morgan fingerprint density at radius 1 is 1.36 bits per heavy atom. The summed E-state index contributed by atoms with van der Waals surface area (Å²) in [4.78, 5) is 14.4. The lowest BCUT2D eigenvalue weighted by Gasteiger charge is -2.24. The van der Waals surface area contributed by atoms with Gasteiger partial charge in [-0.05, 0) is 39.4 Å². The van der Waals surface area contributed by atoms with Crippen LogP contribution in [0.2, 0.25) is 0 Å². The van der Waals surface area contributed by atoms with Crippen LogP contribution in [0.5, 0.6) is 0 Å². The summed E-state index contributed by atoms with van der Waals surface area (Å²) in [6, 6.07) is 0.644. The zero-order chi connectivity index (χ0) is 14.8. The molecule has 22 heavy (non-hydrogen) atoms. The Morgan fingerprint density at radius 2 is 2.05 bits per heavy atom. The van der Waals surface area contributed by atoms with E-state index in [0.717, 1.165) is 44.8 Å². The average molecular weight is 374 g/mol. The molecule has 2 atom stereocenters. The van der Waals surface area contributed by atoms with Gasteiger partial charge in [-0.3, -0.25) is 4.79 Å². The molecule has 4 nitrogen and oxygen atoms in total. The summed E-state index contributed by atoms with van der Waals surface area (Å²) in [6.07, 6.45) is 2.84. The minimum Gasteiger partial charge on any atom is -0.354 e. The molecular formula is C15H33Cl2N3OS. The number of nitrogens with zero attached hydrogens (tertiary/aromatic N) is 1. The van der Waals surface area contributed by atoms with Crippen molar-refractivity contribution in [2.24, 2.45) is 0 Å². The van der Waals surface area contributed by atoms with Crippen molar-refractivity contribution in [3.05, 3.63) is 0 Å². The molecular weight excluding hydrogens is 341 g/mol. The zero-order valence-corrected chi connectivity index (χ0v) is 16.5. The van der Waals surface area contributed by atoms with Crippen LogP contribution < -0.4 is 10.6 Å². The maximum atomic E-state index is 12.0. The fraction of sp³-hybridized carbons (Fsp3) is 0.933. The number of nitrogens with one attached hydrogen (secondary N) is 2. The summed E-state index contributed by atoms with van der Waals surface area (Å²) in [7, 11) is 0. The average Bonchev–Trinajstić information content (AvgIpc) is 2.44. The Bertz CT molecular complexity index is 276. The molecule has 1 rings (SSSR count). The van der Waals surface area contributed by atoms with Crippen LogP contribution >= 0.6 is 36.6 Å². The van der Waals surface area contributed by atoms with E-state index in [1.807, 2.05) is 11.8 Å². The summed E-state index contributed by atoms with van der Waals surface area (Å²) >= 11 is 1.94. The maximum absolute atomic E-state index is 12.0. The Morgan fingerprint density at radius 3 is 2.59 bits per heavy atom. The van der Waals surface area contributed by atoms with Crippen molar-refractivity contribution in [1.29, 1.82) is 0 Å². The van der Waals surface area contributed by atoms with Gasteiger partial charge in [0.1, 0.15) is 0 Å². The Hall–Kier alpha value is 0.320. The van der Waals surface area contributed by atoms with Gasteiger partial charge in [0.05, 0.1) is 0 Å². The van der Waals surface area contributed by atoms with E-state index in [2.05, 4.69) is 36.3 Å². The Labute approximate surface area is 152 Å². The van der Waals surface area contributed by atoms with Crippen LogP contribution in [0.1, 0.15) is 40.0 Å². The minimum absolute atomic E-state index is 0. The number of thioether (sulfide) groups is 1. The summed E-state index contributed by atoms with van der Waals surface area (Å²) in [5, 5.41) is 6.54. The van der Waals surface area contributed by atoms with Crippen molar-refractivity contribution in [3.8, 4) is 0 Å². The van der Waals surface area contributed by atoms with E-state index in [9.17, 15) is 4.79 Å². The molecule has 1 aliphatic rings. The summed E-state index contributed by atoms with van der Waals surface area (Å²) in [5.41, 5.74) is 0. The molecule has 0 aromatic rings. The summed E-state index contributed by atoms with van der Waals surface area (Å²) < 4.78 is 0. The smallest absolute Gasteiger partial charge is 0.221 e. The lowest BCUT2D eigenvalue weighted by atomic mass is 10.1. The first-order valence-electron chi connectivity index (χ1n) is 7.98. The first kappa shape index (κ1) is 24.6. The van der Waals surface area contributed by atoms with E-state index < -0.39 is 0 Å². The summed E-state index contributed by atoms with van der Waals surface area (Å²) in [6.45, 7) is 10.9. The zero-order valence-electron chi connectivity index (χ0n) is 14.1. The molecule has 0 aliphatic carbocycles. The largest absolute Gasteiger partial charge is 0.354 e. The molecule has 7 heteroatoms. The number of halogens is 2. The second-order valence-electron chi connectivity index (χ2n) is 5.57. The number of hydrogen-bond acceptors (Lipinski definition) is 4. The monoisotopic (exact) mass is 373 g/mol. The van der Waals surface area contributed by atoms with Gasteiger partial charge >= 0.3 is 0 Å². The molecule has 0 saturated carbocycles. The highest BCUT2D eigenvalue weighted by Gasteiger charge is 2.17. The quantitative estimate of drug-likeness (QED) is 0.651. The van der Waals surface area contributed by atoms with E-state index in [1.165, 1.54) is 5.75 Å². The topological polar surface area (TPSA) is 44.4 Å². The van der Waals surface area contributed by atoms with Gasteiger partial charge in [0.15, 0.2) is 0 Å². The molecule has 0 aromatic heterocycles. The fourth-order valence-corrected chi connectivity index (χ4v) is 3.49. The first-order valence-corrected chi connectivity index (χ1v) is 9.14. The van der Waals surface area contributed by atoms with E-state index in [-0.39, 0.29) is 36.8 Å². The lowest BCUT2D eigenvalue weighted by molar-refractivity contribution is -0.122. The predicted molar refractivity (Wildman–Crippen MR) is 103 cm³/mol. The highest BCUT2D eigenvalue weighted by Crippen LogP contribution is 2.10. The van der Waals surface area contributed by atoms with Gasteiger partial charge in [0, 0.05) is 36.6 Å².